The van der Waals surface area contributed by atoms with Crippen LogP contribution in [0.2, 0.25) is 0 Å². The number of aromatic nitrogens is 2. The summed E-state index contributed by atoms with van der Waals surface area (Å²) in [6.07, 6.45) is 2.51. The lowest BCUT2D eigenvalue weighted by molar-refractivity contribution is -0.688. The number of hydrogen-bond donors (Lipinski definition) is 0. The summed E-state index contributed by atoms with van der Waals surface area (Å²) < 4.78 is 38.8. The average molecular weight is 239 g/mol. The summed E-state index contributed by atoms with van der Waals surface area (Å²) in [6, 6.07) is 5.15. The smallest absolute Gasteiger partial charge is 0.252 e. The molecule has 5 heteroatoms. The fourth-order valence-corrected chi connectivity index (χ4v) is 1.46. The van der Waals surface area contributed by atoms with Crippen molar-refractivity contribution in [2.75, 3.05) is 0 Å². The van der Waals surface area contributed by atoms with E-state index < -0.39 is 11.7 Å². The molecule has 17 heavy (non-hydrogen) atoms. The van der Waals surface area contributed by atoms with Gasteiger partial charge >= 0.3 is 6.18 Å². The van der Waals surface area contributed by atoms with Gasteiger partial charge in [-0.05, 0) is 12.1 Å². The van der Waals surface area contributed by atoms with Crippen LogP contribution in [0.15, 0.2) is 49.1 Å². The Balaban J connectivity index is 2.14. The molecule has 2 rings (SSSR count). The van der Waals surface area contributed by atoms with Gasteiger partial charge in [-0.2, -0.15) is 17.7 Å². The van der Waals surface area contributed by atoms with Crippen LogP contribution in [0, 0.1) is 0 Å². The van der Waals surface area contributed by atoms with Crippen LogP contribution in [0.25, 0.3) is 0 Å². The molecule has 88 valence electrons. The Hall–Kier alpha value is -1.91. The van der Waals surface area contributed by atoms with E-state index >= 15 is 0 Å². The van der Waals surface area contributed by atoms with E-state index in [2.05, 4.69) is 4.98 Å². The molecule has 1 aromatic heterocycles. The molecule has 0 saturated carbocycles. The number of alkyl halides is 3. The summed E-state index contributed by atoms with van der Waals surface area (Å²) in [5.41, 5.74) is 0.190. The largest absolute Gasteiger partial charge is 0.416 e. The molecule has 0 N–H and O–H groups in total. The van der Waals surface area contributed by atoms with Gasteiger partial charge in [0, 0.05) is 5.56 Å². The van der Waals surface area contributed by atoms with Crippen molar-refractivity contribution in [1.82, 2.24) is 4.98 Å². The zero-order valence-electron chi connectivity index (χ0n) is 8.85. The van der Waals surface area contributed by atoms with Crippen molar-refractivity contribution >= 4 is 0 Å². The number of rotatable bonds is 2. The molecule has 0 amide bonds. The molecule has 0 atom stereocenters. The van der Waals surface area contributed by atoms with Crippen LogP contribution in [-0.2, 0) is 12.7 Å². The van der Waals surface area contributed by atoms with E-state index in [1.165, 1.54) is 12.1 Å². The monoisotopic (exact) mass is 239 g/mol. The maximum atomic E-state index is 12.3. The van der Waals surface area contributed by atoms with Crippen LogP contribution in [0.5, 0.6) is 0 Å². The summed E-state index contributed by atoms with van der Waals surface area (Å²) >= 11 is 0. The normalized spacial score (nSPS) is 11.5. The fraction of sp³-hybridized carbons (Fsp3) is 0.167. The quantitative estimate of drug-likeness (QED) is 0.735. The Bertz CT molecular complexity index is 477. The Morgan fingerprint density at radius 1 is 1.00 bits per heavy atom. The average Bonchev–Trinajstić information content (AvgIpc) is 2.30. The molecule has 2 aromatic rings. The molecule has 0 fully saturated rings. The molecule has 2 nitrogen and oxygen atoms in total. The highest BCUT2D eigenvalue weighted by Gasteiger charge is 2.29. The third-order valence-corrected chi connectivity index (χ3v) is 2.33. The Kier molecular flexibility index (Phi) is 3.08. The third-order valence-electron chi connectivity index (χ3n) is 2.33. The number of nitrogens with zero attached hydrogens (tertiary/aromatic N) is 2. The van der Waals surface area contributed by atoms with Gasteiger partial charge in [0.1, 0.15) is 0 Å². The minimum atomic E-state index is -4.28. The second-order valence-electron chi connectivity index (χ2n) is 3.61. The van der Waals surface area contributed by atoms with Crippen molar-refractivity contribution in [3.8, 4) is 0 Å². The molecular weight excluding hydrogens is 229 g/mol. The molecule has 0 unspecified atom stereocenters. The van der Waals surface area contributed by atoms with Gasteiger partial charge in [0.15, 0.2) is 18.9 Å². The lowest BCUT2D eigenvalue weighted by Gasteiger charge is -2.06. The highest BCUT2D eigenvalue weighted by Crippen LogP contribution is 2.28. The Morgan fingerprint density at radius 3 is 2.12 bits per heavy atom. The van der Waals surface area contributed by atoms with Crippen LogP contribution in [-0.4, -0.2) is 4.98 Å². The SMILES string of the molecule is FC(F)(F)c1ccc(C[n+]2ccncc2)cc1. The summed E-state index contributed by atoms with van der Waals surface area (Å²) in [7, 11) is 0. The molecule has 0 spiro atoms. The van der Waals surface area contributed by atoms with Crippen molar-refractivity contribution in [3.05, 3.63) is 60.2 Å². The molecule has 0 bridgehead atoms. The van der Waals surface area contributed by atoms with Gasteiger partial charge in [-0.15, -0.1) is 0 Å². The first kappa shape index (κ1) is 11.6. The van der Waals surface area contributed by atoms with Gasteiger partial charge in [-0.3, -0.25) is 4.98 Å². The van der Waals surface area contributed by atoms with Crippen LogP contribution < -0.4 is 4.57 Å². The molecule has 0 aliphatic heterocycles. The minimum Gasteiger partial charge on any atom is -0.252 e. The van der Waals surface area contributed by atoms with Crippen LogP contribution >= 0.6 is 0 Å². The van der Waals surface area contributed by atoms with Gasteiger partial charge in [-0.1, -0.05) is 12.1 Å². The molecule has 0 aliphatic carbocycles. The van der Waals surface area contributed by atoms with Gasteiger partial charge in [0.2, 0.25) is 0 Å². The molecule has 0 saturated heterocycles. The first-order valence-electron chi connectivity index (χ1n) is 5.01. The van der Waals surface area contributed by atoms with E-state index in [1.807, 2.05) is 4.57 Å². The second kappa shape index (κ2) is 4.53. The van der Waals surface area contributed by atoms with Crippen LogP contribution in [0.3, 0.4) is 0 Å². The standard InChI is InChI=1S/C12H10F3N2/c13-12(14,15)11-3-1-10(2-4-11)9-17-7-5-16-6-8-17/h1-8H,9H2/q+1. The second-order valence-corrected chi connectivity index (χ2v) is 3.61. The summed E-state index contributed by atoms with van der Waals surface area (Å²) in [5, 5.41) is 0. The number of benzene rings is 1. The third kappa shape index (κ3) is 3.03. The summed E-state index contributed by atoms with van der Waals surface area (Å²) in [4.78, 5) is 3.86. The van der Waals surface area contributed by atoms with E-state index in [4.69, 9.17) is 0 Å². The Labute approximate surface area is 96.4 Å². The Morgan fingerprint density at radius 2 is 1.59 bits per heavy atom. The van der Waals surface area contributed by atoms with E-state index in [-0.39, 0.29) is 0 Å². The highest BCUT2D eigenvalue weighted by atomic mass is 19.4. The molecular formula is C12H10F3N2+. The van der Waals surface area contributed by atoms with Crippen LogP contribution in [0.4, 0.5) is 13.2 Å². The van der Waals surface area contributed by atoms with Crippen LogP contribution in [0.1, 0.15) is 11.1 Å². The van der Waals surface area contributed by atoms with E-state index in [1.54, 1.807) is 24.8 Å². The fourth-order valence-electron chi connectivity index (χ4n) is 1.46. The molecule has 0 radical (unpaired) electrons. The minimum absolute atomic E-state index is 0.528. The molecule has 1 aromatic carbocycles. The zero-order valence-corrected chi connectivity index (χ0v) is 8.85. The molecule has 1 heterocycles. The van der Waals surface area contributed by atoms with Gasteiger partial charge in [-0.25, -0.2) is 0 Å². The predicted octanol–water partition coefficient (Wildman–Crippen LogP) is 2.44. The van der Waals surface area contributed by atoms with Crippen molar-refractivity contribution < 1.29 is 17.7 Å². The first-order valence-corrected chi connectivity index (χ1v) is 5.01. The maximum absolute atomic E-state index is 12.3. The van der Waals surface area contributed by atoms with Gasteiger partial charge in [0.25, 0.3) is 0 Å². The van der Waals surface area contributed by atoms with E-state index in [0.717, 1.165) is 17.7 Å². The lowest BCUT2D eigenvalue weighted by atomic mass is 10.1. The predicted molar refractivity (Wildman–Crippen MR) is 55.0 cm³/mol. The topological polar surface area (TPSA) is 16.8 Å². The van der Waals surface area contributed by atoms with E-state index in [0.29, 0.717) is 6.54 Å². The highest BCUT2D eigenvalue weighted by molar-refractivity contribution is 5.23. The summed E-state index contributed by atoms with van der Waals surface area (Å²) in [5.74, 6) is 0. The van der Waals surface area contributed by atoms with Crippen molar-refractivity contribution in [2.45, 2.75) is 12.7 Å². The van der Waals surface area contributed by atoms with Gasteiger partial charge < -0.3 is 0 Å². The number of halogens is 3. The van der Waals surface area contributed by atoms with E-state index in [9.17, 15) is 13.2 Å². The van der Waals surface area contributed by atoms with Crippen molar-refractivity contribution in [1.29, 1.82) is 0 Å². The maximum Gasteiger partial charge on any atom is 0.416 e. The lowest BCUT2D eigenvalue weighted by Crippen LogP contribution is -2.33. The molecule has 0 aliphatic rings. The first-order chi connectivity index (χ1) is 8.05. The van der Waals surface area contributed by atoms with Crippen molar-refractivity contribution in [3.63, 3.8) is 0 Å². The van der Waals surface area contributed by atoms with Gasteiger partial charge in [0.05, 0.1) is 18.0 Å². The summed E-state index contributed by atoms with van der Waals surface area (Å²) in [6.45, 7) is 0.528. The number of hydrogen-bond acceptors (Lipinski definition) is 1. The zero-order chi connectivity index (χ0) is 12.3. The van der Waals surface area contributed by atoms with Crippen molar-refractivity contribution in [2.24, 2.45) is 0 Å².